The highest BCUT2D eigenvalue weighted by molar-refractivity contribution is 7.92. The number of carbonyl (C=O) groups is 3. The third-order valence-electron chi connectivity index (χ3n) is 9.96. The zero-order chi connectivity index (χ0) is 32.2. The average Bonchev–Trinajstić information content (AvgIpc) is 3.83. The molecule has 0 radical (unpaired) electrons. The molecular formula is C34H34ClFN4O5S. The van der Waals surface area contributed by atoms with E-state index in [0.29, 0.717) is 42.2 Å². The molecule has 240 valence electrons. The van der Waals surface area contributed by atoms with Crippen molar-refractivity contribution in [2.24, 2.45) is 5.92 Å². The zero-order valence-electron chi connectivity index (χ0n) is 25.1. The molecule has 7 rings (SSSR count). The van der Waals surface area contributed by atoms with Crippen LogP contribution in [0.2, 0.25) is 5.02 Å². The van der Waals surface area contributed by atoms with E-state index in [0.717, 1.165) is 42.5 Å². The van der Waals surface area contributed by atoms with E-state index in [9.17, 15) is 27.2 Å². The first kappa shape index (κ1) is 30.7. The smallest absolute Gasteiger partial charge is 0.312 e. The van der Waals surface area contributed by atoms with Crippen LogP contribution in [0.1, 0.15) is 53.6 Å². The van der Waals surface area contributed by atoms with Gasteiger partial charge in [-0.25, -0.2) is 12.8 Å². The molecule has 46 heavy (non-hydrogen) atoms. The first-order valence-corrected chi connectivity index (χ1v) is 17.5. The van der Waals surface area contributed by atoms with Crippen LogP contribution < -0.4 is 9.62 Å². The highest BCUT2D eigenvalue weighted by Gasteiger charge is 2.60. The monoisotopic (exact) mass is 664 g/mol. The maximum atomic E-state index is 14.4. The number of nitrogens with one attached hydrogen (secondary N) is 1. The maximum Gasteiger partial charge on any atom is 0.312 e. The summed E-state index contributed by atoms with van der Waals surface area (Å²) in [6.07, 6.45) is 3.43. The second-order valence-corrected chi connectivity index (χ2v) is 14.9. The van der Waals surface area contributed by atoms with Gasteiger partial charge in [0.1, 0.15) is 5.82 Å². The van der Waals surface area contributed by atoms with Crippen LogP contribution in [0.15, 0.2) is 71.6 Å². The van der Waals surface area contributed by atoms with Crippen LogP contribution in [0, 0.1) is 11.7 Å². The topological polar surface area (TPSA) is 107 Å². The SMILES string of the molecule is O=C(NCc1ccccc1Cl)c1ccc2c(c1)C1(CCN(C(=O)C(=O)N3CCC3)CC1)C(C1CC1)N2S(=O)(=O)c1ccc(F)cc1. The fourth-order valence-corrected chi connectivity index (χ4v) is 9.24. The largest absolute Gasteiger partial charge is 0.348 e. The minimum atomic E-state index is -4.12. The van der Waals surface area contributed by atoms with Crippen LogP contribution in [-0.4, -0.2) is 68.2 Å². The lowest BCUT2D eigenvalue weighted by molar-refractivity contribution is -0.154. The highest BCUT2D eigenvalue weighted by atomic mass is 35.5. The molecule has 1 saturated carbocycles. The van der Waals surface area contributed by atoms with Crippen LogP contribution in [-0.2, 0) is 31.6 Å². The highest BCUT2D eigenvalue weighted by Crippen LogP contribution is 2.59. The second-order valence-electron chi connectivity index (χ2n) is 12.6. The van der Waals surface area contributed by atoms with Crippen molar-refractivity contribution in [1.29, 1.82) is 0 Å². The Morgan fingerprint density at radius 1 is 0.891 bits per heavy atom. The van der Waals surface area contributed by atoms with Crippen molar-refractivity contribution in [1.82, 2.24) is 15.1 Å². The molecule has 1 atom stereocenters. The van der Waals surface area contributed by atoms with Gasteiger partial charge in [0, 0.05) is 48.7 Å². The minimum absolute atomic E-state index is 0.0168. The third-order valence-corrected chi connectivity index (χ3v) is 12.1. The number of sulfonamides is 1. The van der Waals surface area contributed by atoms with Crippen molar-refractivity contribution < 1.29 is 27.2 Å². The van der Waals surface area contributed by atoms with Gasteiger partial charge in [0.25, 0.3) is 15.9 Å². The van der Waals surface area contributed by atoms with Crippen molar-refractivity contribution in [3.8, 4) is 0 Å². The van der Waals surface area contributed by atoms with Crippen molar-refractivity contribution >= 4 is 45.0 Å². The lowest BCUT2D eigenvalue weighted by Crippen LogP contribution is -2.57. The van der Waals surface area contributed by atoms with E-state index in [1.807, 2.05) is 18.2 Å². The molecule has 1 aliphatic carbocycles. The van der Waals surface area contributed by atoms with Gasteiger partial charge in [-0.05, 0) is 97.7 Å². The number of fused-ring (bicyclic) bond motifs is 2. The van der Waals surface area contributed by atoms with Crippen LogP contribution >= 0.6 is 11.6 Å². The molecule has 12 heteroatoms. The van der Waals surface area contributed by atoms with Crippen molar-refractivity contribution in [3.05, 3.63) is 94.3 Å². The normalized spacial score (nSPS) is 20.3. The van der Waals surface area contributed by atoms with E-state index in [1.54, 1.807) is 34.1 Å². The third kappa shape index (κ3) is 5.23. The summed E-state index contributed by atoms with van der Waals surface area (Å²) in [6, 6.07) is 16.7. The number of piperidine rings is 1. The van der Waals surface area contributed by atoms with Gasteiger partial charge in [-0.15, -0.1) is 0 Å². The Balaban J connectivity index is 1.25. The standard InChI is InChI=1S/C34H34ClFN4O5S/c35-28-5-2-1-4-24(28)21-37-31(41)23-8-13-29-27(20-23)34(14-18-39(19-15-34)33(43)32(42)38-16-3-17-38)30(22-6-7-22)40(29)46(44,45)26-11-9-25(36)10-12-26/h1-2,4-5,8-13,20,22,30H,3,6-7,14-19,21H2,(H,37,41). The van der Waals surface area contributed by atoms with Crippen LogP contribution in [0.3, 0.4) is 0 Å². The summed E-state index contributed by atoms with van der Waals surface area (Å²) in [5.41, 5.74) is 1.68. The maximum absolute atomic E-state index is 14.4. The van der Waals surface area contributed by atoms with Crippen LogP contribution in [0.4, 0.5) is 10.1 Å². The summed E-state index contributed by atoms with van der Waals surface area (Å²) in [5, 5.41) is 3.47. The van der Waals surface area contributed by atoms with Crippen molar-refractivity contribution in [2.45, 2.75) is 55.0 Å². The number of anilines is 1. The molecule has 0 bridgehead atoms. The Morgan fingerprint density at radius 3 is 2.15 bits per heavy atom. The Labute approximate surface area is 272 Å². The molecule has 9 nitrogen and oxygen atoms in total. The van der Waals surface area contributed by atoms with Crippen LogP contribution in [0.25, 0.3) is 0 Å². The molecule has 4 aliphatic rings. The molecule has 3 aromatic carbocycles. The number of likely N-dealkylation sites (tertiary alicyclic amines) is 2. The van der Waals surface area contributed by atoms with Crippen LogP contribution in [0.5, 0.6) is 0 Å². The Kier molecular flexibility index (Phi) is 7.79. The summed E-state index contributed by atoms with van der Waals surface area (Å²) in [6.45, 7) is 1.95. The van der Waals surface area contributed by atoms with Gasteiger partial charge in [0.05, 0.1) is 16.6 Å². The molecule has 0 aromatic heterocycles. The molecule has 3 fully saturated rings. The number of nitrogens with zero attached hydrogens (tertiary/aromatic N) is 3. The molecular weight excluding hydrogens is 631 g/mol. The lowest BCUT2D eigenvalue weighted by atomic mass is 9.68. The fourth-order valence-electron chi connectivity index (χ4n) is 7.24. The van der Waals surface area contributed by atoms with Crippen molar-refractivity contribution in [2.75, 3.05) is 30.5 Å². The number of benzene rings is 3. The van der Waals surface area contributed by atoms with E-state index >= 15 is 0 Å². The molecule has 1 spiro atoms. The second kappa shape index (κ2) is 11.7. The molecule has 2 saturated heterocycles. The Hall–Kier alpha value is -3.96. The van der Waals surface area contributed by atoms with Gasteiger partial charge < -0.3 is 15.1 Å². The molecule has 1 N–H and O–H groups in total. The summed E-state index contributed by atoms with van der Waals surface area (Å²) >= 11 is 6.29. The van der Waals surface area contributed by atoms with Gasteiger partial charge in [-0.3, -0.25) is 18.7 Å². The lowest BCUT2D eigenvalue weighted by Gasteiger charge is -2.45. The van der Waals surface area contributed by atoms with Gasteiger partial charge in [-0.2, -0.15) is 0 Å². The van der Waals surface area contributed by atoms with E-state index < -0.39 is 39.1 Å². The summed E-state index contributed by atoms with van der Waals surface area (Å²) in [5.74, 6) is -1.81. The Morgan fingerprint density at radius 2 is 1.54 bits per heavy atom. The molecule has 3 aliphatic heterocycles. The zero-order valence-corrected chi connectivity index (χ0v) is 26.7. The van der Waals surface area contributed by atoms with Gasteiger partial charge in [0.2, 0.25) is 0 Å². The Bertz CT molecular complexity index is 1820. The minimum Gasteiger partial charge on any atom is -0.348 e. The summed E-state index contributed by atoms with van der Waals surface area (Å²) < 4.78 is 44.0. The van der Waals surface area contributed by atoms with Crippen molar-refractivity contribution in [3.63, 3.8) is 0 Å². The first-order valence-electron chi connectivity index (χ1n) is 15.6. The van der Waals surface area contributed by atoms with E-state index in [2.05, 4.69) is 5.32 Å². The number of amides is 3. The number of halogens is 2. The molecule has 3 aromatic rings. The summed E-state index contributed by atoms with van der Waals surface area (Å²) in [4.78, 5) is 42.5. The predicted molar refractivity (Wildman–Crippen MR) is 170 cm³/mol. The number of rotatable bonds is 6. The van der Waals surface area contributed by atoms with Gasteiger partial charge >= 0.3 is 11.8 Å². The quantitative estimate of drug-likeness (QED) is 0.391. The first-order chi connectivity index (χ1) is 22.1. The summed E-state index contributed by atoms with van der Waals surface area (Å²) in [7, 11) is -4.12. The molecule has 1 unspecified atom stereocenters. The number of carbonyl (C=O) groups excluding carboxylic acids is 3. The molecule has 3 heterocycles. The van der Waals surface area contributed by atoms with E-state index in [-0.39, 0.29) is 36.4 Å². The van der Waals surface area contributed by atoms with Gasteiger partial charge in [0.15, 0.2) is 0 Å². The van der Waals surface area contributed by atoms with E-state index in [1.165, 1.54) is 16.4 Å². The number of hydrogen-bond donors (Lipinski definition) is 1. The average molecular weight is 665 g/mol. The molecule has 3 amide bonds. The van der Waals surface area contributed by atoms with E-state index in [4.69, 9.17) is 11.6 Å². The van der Waals surface area contributed by atoms with Gasteiger partial charge in [-0.1, -0.05) is 29.8 Å². The predicted octanol–water partition coefficient (Wildman–Crippen LogP) is 4.49. The fraction of sp³-hybridized carbons (Fsp3) is 0.382. The number of hydrogen-bond acceptors (Lipinski definition) is 5.